The molecule has 63 valence electrons. The summed E-state index contributed by atoms with van der Waals surface area (Å²) in [7, 11) is 0. The van der Waals surface area contributed by atoms with Gasteiger partial charge in [0.25, 0.3) is 0 Å². The smallest absolute Gasteiger partial charge is 0.216 e. The number of hydrogen-bond donors (Lipinski definition) is 1. The van der Waals surface area contributed by atoms with E-state index in [1.807, 2.05) is 0 Å². The molecule has 1 aromatic rings. The molecule has 0 spiro atoms. The molecule has 1 unspecified atom stereocenters. The molecule has 4 heteroatoms. The zero-order chi connectivity index (χ0) is 9.14. The second kappa shape index (κ2) is 4.17. The summed E-state index contributed by atoms with van der Waals surface area (Å²) < 4.78 is 0. The number of thiol groups is 1. The van der Waals surface area contributed by atoms with Crippen molar-refractivity contribution in [2.45, 2.75) is 5.25 Å². The zero-order valence-corrected chi connectivity index (χ0v) is 8.33. The quantitative estimate of drug-likeness (QED) is 0.758. The maximum absolute atomic E-state index is 10.2. The minimum Gasteiger partial charge on any atom is -0.289 e. The highest BCUT2D eigenvalue weighted by atomic mass is 35.5. The normalized spacial score (nSPS) is 12.6. The van der Waals surface area contributed by atoms with Crippen LogP contribution in [0.25, 0.3) is 0 Å². The molecule has 1 nitrogen and oxygen atoms in total. The molecule has 12 heavy (non-hydrogen) atoms. The lowest BCUT2D eigenvalue weighted by molar-refractivity contribution is 0.554. The van der Waals surface area contributed by atoms with Crippen LogP contribution in [0.3, 0.4) is 0 Å². The molecule has 0 aliphatic rings. The molecule has 0 aliphatic heterocycles. The molecule has 0 aromatic heterocycles. The first-order valence-corrected chi connectivity index (χ1v) is 4.43. The van der Waals surface area contributed by atoms with Gasteiger partial charge in [-0.1, -0.05) is 29.3 Å². The Morgan fingerprint density at radius 2 is 2.00 bits per heavy atom. The second-order valence-electron chi connectivity index (χ2n) is 2.19. The van der Waals surface area contributed by atoms with Crippen molar-refractivity contribution >= 4 is 42.1 Å². The van der Waals surface area contributed by atoms with Gasteiger partial charge in [-0.05, 0) is 17.7 Å². The van der Waals surface area contributed by atoms with Crippen LogP contribution in [0.15, 0.2) is 18.2 Å². The van der Waals surface area contributed by atoms with Crippen molar-refractivity contribution in [3.63, 3.8) is 0 Å². The number of halogens is 2. The van der Waals surface area contributed by atoms with Crippen molar-refractivity contribution in [3.05, 3.63) is 33.8 Å². The fourth-order valence-electron chi connectivity index (χ4n) is 0.751. The van der Waals surface area contributed by atoms with Gasteiger partial charge in [0.15, 0.2) is 0 Å². The molecule has 0 amide bonds. The van der Waals surface area contributed by atoms with Gasteiger partial charge >= 0.3 is 0 Å². The lowest BCUT2D eigenvalue weighted by atomic mass is 10.2. The minimum atomic E-state index is -0.556. The Morgan fingerprint density at radius 1 is 1.33 bits per heavy atom. The number of hydrogen-bond acceptors (Lipinski definition) is 2. The molecule has 0 N–H and O–H groups in total. The summed E-state index contributed by atoms with van der Waals surface area (Å²) in [5.41, 5.74) is 0.697. The third kappa shape index (κ3) is 2.16. The van der Waals surface area contributed by atoms with E-state index in [0.717, 1.165) is 0 Å². The van der Waals surface area contributed by atoms with Crippen molar-refractivity contribution in [2.75, 3.05) is 0 Å². The van der Waals surface area contributed by atoms with Gasteiger partial charge in [0, 0.05) is 0 Å². The van der Waals surface area contributed by atoms with Crippen LogP contribution >= 0.6 is 35.8 Å². The van der Waals surface area contributed by atoms with Crippen LogP contribution in [-0.4, -0.2) is 6.29 Å². The molecule has 0 bridgehead atoms. The predicted octanol–water partition coefficient (Wildman–Crippen LogP) is 3.07. The van der Waals surface area contributed by atoms with E-state index in [4.69, 9.17) is 23.2 Å². The average molecular weight is 220 g/mol. The van der Waals surface area contributed by atoms with E-state index < -0.39 is 5.25 Å². The van der Waals surface area contributed by atoms with Crippen LogP contribution < -0.4 is 0 Å². The molecule has 0 saturated heterocycles. The topological polar surface area (TPSA) is 17.1 Å². The van der Waals surface area contributed by atoms with E-state index in [0.29, 0.717) is 15.6 Å². The van der Waals surface area contributed by atoms with Crippen molar-refractivity contribution in [3.8, 4) is 0 Å². The molecule has 1 aromatic carbocycles. The Morgan fingerprint density at radius 3 is 2.50 bits per heavy atom. The molecule has 0 heterocycles. The van der Waals surface area contributed by atoms with Crippen molar-refractivity contribution in [1.29, 1.82) is 0 Å². The van der Waals surface area contributed by atoms with Crippen molar-refractivity contribution < 1.29 is 4.79 Å². The van der Waals surface area contributed by atoms with E-state index in [2.05, 4.69) is 12.6 Å². The van der Waals surface area contributed by atoms with Gasteiger partial charge in [-0.3, -0.25) is 4.79 Å². The summed E-state index contributed by atoms with van der Waals surface area (Å²) in [5.74, 6) is 0. The Bertz CT molecular complexity index is 301. The Kier molecular flexibility index (Phi) is 3.44. The number of benzene rings is 1. The van der Waals surface area contributed by atoms with Crippen LogP contribution in [0.5, 0.6) is 0 Å². The van der Waals surface area contributed by atoms with Gasteiger partial charge in [-0.25, -0.2) is 0 Å². The fraction of sp³-hybridized carbons (Fsp3) is 0.125. The summed E-state index contributed by atoms with van der Waals surface area (Å²) in [6.07, 6.45) is 1.74. The minimum absolute atomic E-state index is 0.420. The highest BCUT2D eigenvalue weighted by Crippen LogP contribution is 2.26. The molecule has 1 rings (SSSR count). The lowest BCUT2D eigenvalue weighted by Crippen LogP contribution is -1.90. The van der Waals surface area contributed by atoms with Gasteiger partial charge in [0.1, 0.15) is 0 Å². The molecular formula is C8H5Cl2OS. The van der Waals surface area contributed by atoms with Crippen LogP contribution in [0, 0.1) is 0 Å². The zero-order valence-electron chi connectivity index (χ0n) is 5.92. The monoisotopic (exact) mass is 219 g/mol. The first kappa shape index (κ1) is 9.90. The van der Waals surface area contributed by atoms with Gasteiger partial charge in [-0.2, -0.15) is 12.6 Å². The maximum atomic E-state index is 10.2. The SMILES string of the molecule is O=[C]C(S)c1ccc(Cl)c(Cl)c1. The van der Waals surface area contributed by atoms with Gasteiger partial charge in [0.05, 0.1) is 15.3 Å². The Balaban J connectivity index is 3.04. The fourth-order valence-corrected chi connectivity index (χ4v) is 1.22. The maximum Gasteiger partial charge on any atom is 0.216 e. The van der Waals surface area contributed by atoms with E-state index in [1.165, 1.54) is 0 Å². The Hall–Kier alpha value is -0.180. The van der Waals surface area contributed by atoms with Gasteiger partial charge in [0.2, 0.25) is 6.29 Å². The molecule has 1 radical (unpaired) electrons. The van der Waals surface area contributed by atoms with Crippen LogP contribution in [0.4, 0.5) is 0 Å². The highest BCUT2D eigenvalue weighted by molar-refractivity contribution is 7.81. The first-order valence-electron chi connectivity index (χ1n) is 3.16. The summed E-state index contributed by atoms with van der Waals surface area (Å²) >= 11 is 15.4. The highest BCUT2D eigenvalue weighted by Gasteiger charge is 2.07. The molecule has 1 atom stereocenters. The average Bonchev–Trinajstić information content (AvgIpc) is 2.08. The van der Waals surface area contributed by atoms with E-state index in [1.54, 1.807) is 24.5 Å². The molecule has 0 aliphatic carbocycles. The van der Waals surface area contributed by atoms with E-state index in [9.17, 15) is 4.79 Å². The lowest BCUT2D eigenvalue weighted by Gasteiger charge is -2.03. The third-order valence-corrected chi connectivity index (χ3v) is 2.51. The van der Waals surface area contributed by atoms with E-state index >= 15 is 0 Å². The van der Waals surface area contributed by atoms with Crippen LogP contribution in [-0.2, 0) is 4.79 Å². The summed E-state index contributed by atoms with van der Waals surface area (Å²) in [5, 5.41) is 0.329. The standard InChI is InChI=1S/C8H5Cl2OS/c9-6-2-1-5(3-7(6)10)8(12)4-11/h1-3,8,12H. The molecule has 0 saturated carbocycles. The van der Waals surface area contributed by atoms with Crippen LogP contribution in [0.2, 0.25) is 10.0 Å². The number of carbonyl (C=O) groups excluding carboxylic acids is 1. The second-order valence-corrected chi connectivity index (χ2v) is 3.52. The van der Waals surface area contributed by atoms with Gasteiger partial charge in [-0.15, -0.1) is 0 Å². The molecule has 0 fully saturated rings. The number of rotatable bonds is 2. The van der Waals surface area contributed by atoms with E-state index in [-0.39, 0.29) is 0 Å². The van der Waals surface area contributed by atoms with Gasteiger partial charge < -0.3 is 0 Å². The summed E-state index contributed by atoms with van der Waals surface area (Å²) in [6, 6.07) is 4.92. The van der Waals surface area contributed by atoms with Crippen molar-refractivity contribution in [1.82, 2.24) is 0 Å². The predicted molar refractivity (Wildman–Crippen MR) is 53.9 cm³/mol. The summed E-state index contributed by atoms with van der Waals surface area (Å²) in [4.78, 5) is 10.2. The third-order valence-electron chi connectivity index (χ3n) is 1.37. The van der Waals surface area contributed by atoms with Crippen LogP contribution in [0.1, 0.15) is 10.8 Å². The first-order chi connectivity index (χ1) is 5.65. The Labute approximate surface area is 86.1 Å². The summed E-state index contributed by atoms with van der Waals surface area (Å²) in [6.45, 7) is 0. The largest absolute Gasteiger partial charge is 0.289 e. The van der Waals surface area contributed by atoms with Crippen molar-refractivity contribution in [2.24, 2.45) is 0 Å². The molecular weight excluding hydrogens is 215 g/mol.